The average molecular weight is 368 g/mol. The van der Waals surface area contributed by atoms with Gasteiger partial charge in [-0.3, -0.25) is 9.69 Å². The molecule has 27 heavy (non-hydrogen) atoms. The third-order valence-corrected chi connectivity index (χ3v) is 5.17. The summed E-state index contributed by atoms with van der Waals surface area (Å²) in [7, 11) is 1.71. The summed E-state index contributed by atoms with van der Waals surface area (Å²) in [5.74, 6) is 2.34. The van der Waals surface area contributed by atoms with Crippen molar-refractivity contribution in [2.45, 2.75) is 6.42 Å². The molecule has 142 valence electrons. The van der Waals surface area contributed by atoms with E-state index in [0.717, 1.165) is 44.9 Å². The van der Waals surface area contributed by atoms with Gasteiger partial charge in [-0.15, -0.1) is 0 Å². The molecule has 0 radical (unpaired) electrons. The number of carbonyl (C=O) groups excluding carboxylic acids is 1. The molecular formula is C21H24N2O4. The van der Waals surface area contributed by atoms with Gasteiger partial charge in [-0.25, -0.2) is 0 Å². The molecule has 6 heteroatoms. The third kappa shape index (κ3) is 3.85. The Kier molecular flexibility index (Phi) is 5.16. The molecule has 0 unspecified atom stereocenters. The van der Waals surface area contributed by atoms with Gasteiger partial charge in [-0.05, 0) is 36.2 Å². The number of fused-ring (bicyclic) bond motifs is 1. The molecule has 2 aromatic rings. The van der Waals surface area contributed by atoms with Crippen molar-refractivity contribution < 1.29 is 19.0 Å². The highest BCUT2D eigenvalue weighted by atomic mass is 16.7. The van der Waals surface area contributed by atoms with Gasteiger partial charge in [0.15, 0.2) is 11.5 Å². The highest BCUT2D eigenvalue weighted by Gasteiger charge is 2.24. The van der Waals surface area contributed by atoms with E-state index in [-0.39, 0.29) is 12.7 Å². The predicted octanol–water partition coefficient (Wildman–Crippen LogP) is 2.42. The fourth-order valence-electron chi connectivity index (χ4n) is 3.57. The van der Waals surface area contributed by atoms with Gasteiger partial charge in [0.05, 0.1) is 7.11 Å². The highest BCUT2D eigenvalue weighted by molar-refractivity contribution is 5.95. The molecule has 1 amide bonds. The lowest BCUT2D eigenvalue weighted by atomic mass is 10.1. The van der Waals surface area contributed by atoms with Crippen molar-refractivity contribution in [1.29, 1.82) is 0 Å². The summed E-state index contributed by atoms with van der Waals surface area (Å²) in [6, 6.07) is 13.5. The molecule has 0 atom stereocenters. The Morgan fingerprint density at radius 2 is 1.81 bits per heavy atom. The number of hydrogen-bond donors (Lipinski definition) is 0. The maximum atomic E-state index is 12.8. The van der Waals surface area contributed by atoms with Crippen LogP contribution < -0.4 is 14.2 Å². The van der Waals surface area contributed by atoms with E-state index < -0.39 is 0 Å². The summed E-state index contributed by atoms with van der Waals surface area (Å²) in [5.41, 5.74) is 1.88. The number of para-hydroxylation sites is 1. The number of nitrogens with zero attached hydrogens (tertiary/aromatic N) is 2. The van der Waals surface area contributed by atoms with Crippen molar-refractivity contribution in [1.82, 2.24) is 9.80 Å². The van der Waals surface area contributed by atoms with Crippen LogP contribution in [0.2, 0.25) is 0 Å². The number of hydrogen-bond acceptors (Lipinski definition) is 5. The number of ether oxygens (including phenoxy) is 3. The van der Waals surface area contributed by atoms with Crippen molar-refractivity contribution in [3.8, 4) is 17.2 Å². The van der Waals surface area contributed by atoms with E-state index in [1.54, 1.807) is 19.2 Å². The van der Waals surface area contributed by atoms with Crippen molar-refractivity contribution in [2.24, 2.45) is 0 Å². The zero-order valence-corrected chi connectivity index (χ0v) is 15.5. The van der Waals surface area contributed by atoms with Gasteiger partial charge >= 0.3 is 0 Å². The van der Waals surface area contributed by atoms with E-state index in [1.165, 1.54) is 5.56 Å². The summed E-state index contributed by atoms with van der Waals surface area (Å²) in [5, 5.41) is 0. The minimum Gasteiger partial charge on any atom is -0.496 e. The normalized spacial score (nSPS) is 16.4. The highest BCUT2D eigenvalue weighted by Crippen LogP contribution is 2.32. The number of piperazine rings is 1. The predicted molar refractivity (Wildman–Crippen MR) is 102 cm³/mol. The Bertz CT molecular complexity index is 816. The fourth-order valence-corrected chi connectivity index (χ4v) is 3.57. The Labute approximate surface area is 159 Å². The van der Waals surface area contributed by atoms with Gasteiger partial charge in [-0.1, -0.05) is 18.2 Å². The molecule has 0 bridgehead atoms. The Morgan fingerprint density at radius 1 is 1.04 bits per heavy atom. The Morgan fingerprint density at radius 3 is 2.63 bits per heavy atom. The van der Waals surface area contributed by atoms with Crippen LogP contribution in [0.5, 0.6) is 17.2 Å². The Hall–Kier alpha value is -2.73. The van der Waals surface area contributed by atoms with E-state index >= 15 is 0 Å². The van der Waals surface area contributed by atoms with Crippen LogP contribution in [0.3, 0.4) is 0 Å². The molecule has 1 fully saturated rings. The number of benzene rings is 2. The van der Waals surface area contributed by atoms with Crippen LogP contribution in [-0.2, 0) is 6.42 Å². The van der Waals surface area contributed by atoms with E-state index in [0.29, 0.717) is 17.1 Å². The first-order chi connectivity index (χ1) is 13.2. The largest absolute Gasteiger partial charge is 0.496 e. The first-order valence-corrected chi connectivity index (χ1v) is 9.28. The Balaban J connectivity index is 1.30. The lowest BCUT2D eigenvalue weighted by Crippen LogP contribution is -2.49. The van der Waals surface area contributed by atoms with Crippen LogP contribution in [0.1, 0.15) is 15.9 Å². The second-order valence-corrected chi connectivity index (χ2v) is 6.76. The molecule has 0 aliphatic carbocycles. The lowest BCUT2D eigenvalue weighted by Gasteiger charge is -2.34. The third-order valence-electron chi connectivity index (χ3n) is 5.17. The summed E-state index contributed by atoms with van der Waals surface area (Å²) in [6.07, 6.45) is 0.945. The minimum absolute atomic E-state index is 0.0534. The first kappa shape index (κ1) is 17.7. The number of carbonyl (C=O) groups is 1. The van der Waals surface area contributed by atoms with Gasteiger partial charge in [0.25, 0.3) is 5.91 Å². The van der Waals surface area contributed by atoms with Crippen LogP contribution in [0, 0.1) is 0 Å². The van der Waals surface area contributed by atoms with Crippen LogP contribution in [-0.4, -0.2) is 62.3 Å². The van der Waals surface area contributed by atoms with Crippen LogP contribution in [0.15, 0.2) is 42.5 Å². The molecule has 0 saturated carbocycles. The molecule has 2 aromatic carbocycles. The number of amides is 1. The van der Waals surface area contributed by atoms with Crippen LogP contribution in [0.25, 0.3) is 0 Å². The second-order valence-electron chi connectivity index (χ2n) is 6.76. The molecule has 2 aliphatic heterocycles. The van der Waals surface area contributed by atoms with E-state index in [9.17, 15) is 4.79 Å². The summed E-state index contributed by atoms with van der Waals surface area (Å²) in [6.45, 7) is 4.42. The van der Waals surface area contributed by atoms with Crippen LogP contribution >= 0.6 is 0 Å². The molecule has 6 nitrogen and oxygen atoms in total. The van der Waals surface area contributed by atoms with Gasteiger partial charge in [0.2, 0.25) is 6.79 Å². The summed E-state index contributed by atoms with van der Waals surface area (Å²) >= 11 is 0. The van der Waals surface area contributed by atoms with Crippen molar-refractivity contribution in [3.05, 3.63) is 53.6 Å². The topological polar surface area (TPSA) is 51.2 Å². The molecule has 4 rings (SSSR count). The monoisotopic (exact) mass is 368 g/mol. The molecule has 0 aromatic heterocycles. The second kappa shape index (κ2) is 7.88. The van der Waals surface area contributed by atoms with Crippen molar-refractivity contribution >= 4 is 5.91 Å². The van der Waals surface area contributed by atoms with Gasteiger partial charge in [0, 0.05) is 38.3 Å². The summed E-state index contributed by atoms with van der Waals surface area (Å²) < 4.78 is 16.1. The minimum atomic E-state index is 0.0534. The smallest absolute Gasteiger partial charge is 0.254 e. The fraction of sp³-hybridized carbons (Fsp3) is 0.381. The van der Waals surface area contributed by atoms with E-state index in [2.05, 4.69) is 11.0 Å². The molecular weight excluding hydrogens is 344 g/mol. The molecule has 0 N–H and O–H groups in total. The molecule has 0 spiro atoms. The zero-order valence-electron chi connectivity index (χ0n) is 15.5. The maximum Gasteiger partial charge on any atom is 0.254 e. The van der Waals surface area contributed by atoms with Crippen molar-refractivity contribution in [3.63, 3.8) is 0 Å². The van der Waals surface area contributed by atoms with Gasteiger partial charge in [0.1, 0.15) is 5.75 Å². The number of rotatable bonds is 5. The SMILES string of the molecule is COc1ccccc1CCN1CCN(C(=O)c2ccc3c(c2)OCO3)CC1. The zero-order chi connectivity index (χ0) is 18.6. The average Bonchev–Trinajstić information content (AvgIpc) is 3.20. The van der Waals surface area contributed by atoms with E-state index in [1.807, 2.05) is 29.2 Å². The quantitative estimate of drug-likeness (QED) is 0.811. The first-order valence-electron chi connectivity index (χ1n) is 9.28. The molecule has 2 aliphatic rings. The number of methoxy groups -OCH3 is 1. The van der Waals surface area contributed by atoms with Crippen LogP contribution in [0.4, 0.5) is 0 Å². The summed E-state index contributed by atoms with van der Waals surface area (Å²) in [4.78, 5) is 17.1. The standard InChI is InChI=1S/C21H24N2O4/c1-25-18-5-3-2-4-16(18)8-9-22-10-12-23(13-11-22)21(24)17-6-7-19-20(14-17)27-15-26-19/h2-7,14H,8-13,15H2,1H3. The van der Waals surface area contributed by atoms with Gasteiger partial charge < -0.3 is 19.1 Å². The maximum absolute atomic E-state index is 12.8. The lowest BCUT2D eigenvalue weighted by molar-refractivity contribution is 0.0638. The molecule has 2 heterocycles. The van der Waals surface area contributed by atoms with Crippen molar-refractivity contribution in [2.75, 3.05) is 46.6 Å². The molecule has 1 saturated heterocycles. The van der Waals surface area contributed by atoms with E-state index in [4.69, 9.17) is 14.2 Å². The van der Waals surface area contributed by atoms with Gasteiger partial charge in [-0.2, -0.15) is 0 Å².